The van der Waals surface area contributed by atoms with E-state index in [4.69, 9.17) is 27.9 Å². The number of ether oxygens (including phenoxy) is 1. The van der Waals surface area contributed by atoms with E-state index in [2.05, 4.69) is 5.32 Å². The molecule has 1 aromatic carbocycles. The summed E-state index contributed by atoms with van der Waals surface area (Å²) in [6, 6.07) is 4.56. The number of ketones is 1. The van der Waals surface area contributed by atoms with Crippen LogP contribution < -0.4 is 5.32 Å². The summed E-state index contributed by atoms with van der Waals surface area (Å²) in [5.74, 6) is -0.312. The van der Waals surface area contributed by atoms with E-state index in [9.17, 15) is 9.59 Å². The van der Waals surface area contributed by atoms with Gasteiger partial charge in [0.2, 0.25) is 0 Å². The van der Waals surface area contributed by atoms with Crippen LogP contribution >= 0.6 is 23.2 Å². The van der Waals surface area contributed by atoms with Crippen molar-refractivity contribution in [1.82, 2.24) is 5.32 Å². The second-order valence-electron chi connectivity index (χ2n) is 4.90. The van der Waals surface area contributed by atoms with Crippen LogP contribution in [0.4, 0.5) is 4.79 Å². The highest BCUT2D eigenvalue weighted by atomic mass is 35.5. The first-order chi connectivity index (χ1) is 8.69. The number of hydrogen-bond acceptors (Lipinski definition) is 3. The largest absolute Gasteiger partial charge is 0.444 e. The molecule has 4 nitrogen and oxygen atoms in total. The van der Waals surface area contributed by atoms with Crippen molar-refractivity contribution < 1.29 is 14.3 Å². The van der Waals surface area contributed by atoms with Crippen molar-refractivity contribution in [2.75, 3.05) is 6.54 Å². The van der Waals surface area contributed by atoms with Crippen LogP contribution in [0.2, 0.25) is 10.0 Å². The van der Waals surface area contributed by atoms with Crippen LogP contribution in [-0.4, -0.2) is 24.0 Å². The molecule has 0 aliphatic rings. The van der Waals surface area contributed by atoms with E-state index in [-0.39, 0.29) is 17.4 Å². The van der Waals surface area contributed by atoms with Gasteiger partial charge in [0.05, 0.1) is 11.6 Å². The van der Waals surface area contributed by atoms with Gasteiger partial charge < -0.3 is 10.1 Å². The number of rotatable bonds is 3. The Bertz CT molecular complexity index is 495. The molecule has 0 aromatic heterocycles. The minimum absolute atomic E-state index is 0.184. The highest BCUT2D eigenvalue weighted by Crippen LogP contribution is 2.21. The fourth-order valence-corrected chi connectivity index (χ4v) is 1.79. The first kappa shape index (κ1) is 15.8. The minimum Gasteiger partial charge on any atom is -0.444 e. The normalized spacial score (nSPS) is 11.0. The molecular formula is C13H15Cl2NO3. The lowest BCUT2D eigenvalue weighted by atomic mass is 10.1. The van der Waals surface area contributed by atoms with Crippen LogP contribution in [0.15, 0.2) is 18.2 Å². The second kappa shape index (κ2) is 6.26. The van der Waals surface area contributed by atoms with Crippen molar-refractivity contribution >= 4 is 35.1 Å². The SMILES string of the molecule is CC(C)(C)OC(=O)NCC(=O)c1ccc(Cl)cc1Cl. The molecule has 0 bridgehead atoms. The number of carbonyl (C=O) groups excluding carboxylic acids is 2. The molecule has 0 heterocycles. The molecule has 0 spiro atoms. The molecule has 0 saturated carbocycles. The first-order valence-corrected chi connectivity index (χ1v) is 6.40. The van der Waals surface area contributed by atoms with Gasteiger partial charge in [0, 0.05) is 10.6 Å². The summed E-state index contributed by atoms with van der Waals surface area (Å²) in [7, 11) is 0. The average Bonchev–Trinajstić information content (AvgIpc) is 2.23. The Kier molecular flexibility index (Phi) is 5.20. The predicted octanol–water partition coefficient (Wildman–Crippen LogP) is 3.70. The van der Waals surface area contributed by atoms with E-state index in [1.54, 1.807) is 26.8 Å². The Hall–Kier alpha value is -1.26. The molecule has 0 atom stereocenters. The fraction of sp³-hybridized carbons (Fsp3) is 0.385. The number of alkyl carbamates (subject to hydrolysis) is 1. The molecule has 0 fully saturated rings. The van der Waals surface area contributed by atoms with Gasteiger partial charge in [0.15, 0.2) is 5.78 Å². The van der Waals surface area contributed by atoms with E-state index in [1.807, 2.05) is 0 Å². The van der Waals surface area contributed by atoms with Crippen LogP contribution in [-0.2, 0) is 4.74 Å². The standard InChI is InChI=1S/C13H15Cl2NO3/c1-13(2,3)19-12(18)16-7-11(17)9-5-4-8(14)6-10(9)15/h4-6H,7H2,1-3H3,(H,16,18). The average molecular weight is 304 g/mol. The van der Waals surface area contributed by atoms with Crippen molar-refractivity contribution in [3.63, 3.8) is 0 Å². The summed E-state index contributed by atoms with van der Waals surface area (Å²) in [5, 5.41) is 3.08. The van der Waals surface area contributed by atoms with Gasteiger partial charge in [-0.2, -0.15) is 0 Å². The molecule has 1 N–H and O–H groups in total. The van der Waals surface area contributed by atoms with Gasteiger partial charge in [-0.15, -0.1) is 0 Å². The van der Waals surface area contributed by atoms with Crippen molar-refractivity contribution in [1.29, 1.82) is 0 Å². The van der Waals surface area contributed by atoms with E-state index in [0.717, 1.165) is 0 Å². The highest BCUT2D eigenvalue weighted by Gasteiger charge is 2.17. The summed E-state index contributed by atoms with van der Waals surface area (Å²) >= 11 is 11.6. The van der Waals surface area contributed by atoms with Gasteiger partial charge >= 0.3 is 6.09 Å². The number of hydrogen-bond donors (Lipinski definition) is 1. The quantitative estimate of drug-likeness (QED) is 0.866. The zero-order valence-electron chi connectivity index (χ0n) is 10.9. The Labute approximate surface area is 122 Å². The van der Waals surface area contributed by atoms with Gasteiger partial charge in [0.1, 0.15) is 5.60 Å². The maximum absolute atomic E-state index is 11.8. The highest BCUT2D eigenvalue weighted by molar-refractivity contribution is 6.36. The number of Topliss-reactive ketones (excluding diaryl/α,β-unsaturated/α-hetero) is 1. The van der Waals surface area contributed by atoms with Gasteiger partial charge in [0.25, 0.3) is 0 Å². The van der Waals surface area contributed by atoms with Crippen LogP contribution in [0.5, 0.6) is 0 Å². The number of benzene rings is 1. The zero-order valence-corrected chi connectivity index (χ0v) is 12.4. The second-order valence-corrected chi connectivity index (χ2v) is 5.75. The lowest BCUT2D eigenvalue weighted by Crippen LogP contribution is -2.35. The lowest BCUT2D eigenvalue weighted by molar-refractivity contribution is 0.0520. The molecule has 1 amide bonds. The summed E-state index contributed by atoms with van der Waals surface area (Å²) in [6.07, 6.45) is -0.647. The van der Waals surface area contributed by atoms with Gasteiger partial charge in [-0.25, -0.2) is 4.79 Å². The zero-order chi connectivity index (χ0) is 14.6. The van der Waals surface area contributed by atoms with Crippen LogP contribution in [0, 0.1) is 0 Å². The minimum atomic E-state index is -0.647. The Morgan fingerprint density at radius 3 is 2.42 bits per heavy atom. The number of carbonyl (C=O) groups is 2. The third-order valence-corrected chi connectivity index (χ3v) is 2.57. The molecule has 104 valence electrons. The molecule has 0 radical (unpaired) electrons. The summed E-state index contributed by atoms with van der Waals surface area (Å²) in [6.45, 7) is 5.04. The monoisotopic (exact) mass is 303 g/mol. The molecular weight excluding hydrogens is 289 g/mol. The van der Waals surface area contributed by atoms with Gasteiger partial charge in [-0.05, 0) is 39.0 Å². The van der Waals surface area contributed by atoms with Crippen molar-refractivity contribution in [2.45, 2.75) is 26.4 Å². The van der Waals surface area contributed by atoms with E-state index < -0.39 is 11.7 Å². The molecule has 6 heteroatoms. The number of nitrogens with one attached hydrogen (secondary N) is 1. The molecule has 0 unspecified atom stereocenters. The molecule has 19 heavy (non-hydrogen) atoms. The van der Waals surface area contributed by atoms with Crippen molar-refractivity contribution in [2.24, 2.45) is 0 Å². The maximum Gasteiger partial charge on any atom is 0.408 e. The van der Waals surface area contributed by atoms with Crippen molar-refractivity contribution in [3.8, 4) is 0 Å². The van der Waals surface area contributed by atoms with Gasteiger partial charge in [-0.3, -0.25) is 4.79 Å². The lowest BCUT2D eigenvalue weighted by Gasteiger charge is -2.19. The summed E-state index contributed by atoms with van der Waals surface area (Å²) in [4.78, 5) is 23.2. The van der Waals surface area contributed by atoms with Gasteiger partial charge in [-0.1, -0.05) is 23.2 Å². The molecule has 0 aliphatic carbocycles. The third kappa shape index (κ3) is 5.49. The number of amides is 1. The topological polar surface area (TPSA) is 55.4 Å². The molecule has 0 aliphatic heterocycles. The van der Waals surface area contributed by atoms with Crippen LogP contribution in [0.25, 0.3) is 0 Å². The Morgan fingerprint density at radius 2 is 1.89 bits per heavy atom. The third-order valence-electron chi connectivity index (χ3n) is 2.02. The van der Waals surface area contributed by atoms with Crippen molar-refractivity contribution in [3.05, 3.63) is 33.8 Å². The van der Waals surface area contributed by atoms with E-state index in [1.165, 1.54) is 12.1 Å². The van der Waals surface area contributed by atoms with E-state index >= 15 is 0 Å². The smallest absolute Gasteiger partial charge is 0.408 e. The molecule has 1 aromatic rings. The Morgan fingerprint density at radius 1 is 1.26 bits per heavy atom. The first-order valence-electron chi connectivity index (χ1n) is 5.64. The Balaban J connectivity index is 2.59. The maximum atomic E-state index is 11.8. The number of halogens is 2. The van der Waals surface area contributed by atoms with E-state index in [0.29, 0.717) is 10.6 Å². The summed E-state index contributed by atoms with van der Waals surface area (Å²) < 4.78 is 5.02. The fourth-order valence-electron chi connectivity index (χ4n) is 1.28. The predicted molar refractivity (Wildman–Crippen MR) is 75.0 cm³/mol. The van der Waals surface area contributed by atoms with Crippen LogP contribution in [0.3, 0.4) is 0 Å². The summed E-state index contributed by atoms with van der Waals surface area (Å²) in [5.41, 5.74) is -0.299. The molecule has 1 rings (SSSR count). The van der Waals surface area contributed by atoms with Crippen LogP contribution in [0.1, 0.15) is 31.1 Å². The molecule has 0 saturated heterocycles.